The van der Waals surface area contributed by atoms with Gasteiger partial charge in [0.2, 0.25) is 0 Å². The Labute approximate surface area is 126 Å². The Bertz CT molecular complexity index is 621. The molecule has 0 aromatic heterocycles. The first kappa shape index (κ1) is 13.1. The van der Waals surface area contributed by atoms with E-state index in [9.17, 15) is 0 Å². The van der Waals surface area contributed by atoms with Crippen molar-refractivity contribution in [2.45, 2.75) is 37.9 Å². The maximum absolute atomic E-state index is 6.17. The fourth-order valence-electron chi connectivity index (χ4n) is 3.63. The van der Waals surface area contributed by atoms with E-state index >= 15 is 0 Å². The summed E-state index contributed by atoms with van der Waals surface area (Å²) >= 11 is 0. The molecule has 2 aromatic carbocycles. The number of hydrogen-bond donors (Lipinski definition) is 1. The van der Waals surface area contributed by atoms with Gasteiger partial charge in [-0.2, -0.15) is 0 Å². The quantitative estimate of drug-likeness (QED) is 0.926. The highest BCUT2D eigenvalue weighted by molar-refractivity contribution is 5.37. The van der Waals surface area contributed by atoms with Crippen LogP contribution in [0.2, 0.25) is 0 Å². The molecule has 1 heterocycles. The largest absolute Gasteiger partial charge is 0.329 e. The third-order valence-corrected chi connectivity index (χ3v) is 4.90. The first-order chi connectivity index (χ1) is 10.4. The van der Waals surface area contributed by atoms with E-state index < -0.39 is 0 Å². The minimum Gasteiger partial charge on any atom is -0.329 e. The van der Waals surface area contributed by atoms with Gasteiger partial charge in [0.25, 0.3) is 0 Å². The minimum absolute atomic E-state index is 0.342. The molecule has 0 saturated heterocycles. The number of nitrogens with zero attached hydrogens (tertiary/aromatic N) is 1. The molecule has 1 aliphatic heterocycles. The van der Waals surface area contributed by atoms with Crippen molar-refractivity contribution in [3.63, 3.8) is 0 Å². The molecular formula is C19H22N2. The minimum atomic E-state index is 0.342. The number of benzene rings is 2. The van der Waals surface area contributed by atoms with Crippen LogP contribution in [0.1, 0.15) is 47.1 Å². The Morgan fingerprint density at radius 3 is 2.19 bits per heavy atom. The van der Waals surface area contributed by atoms with Gasteiger partial charge in [-0.3, -0.25) is 4.90 Å². The van der Waals surface area contributed by atoms with Gasteiger partial charge in [0.05, 0.1) is 0 Å². The van der Waals surface area contributed by atoms with Crippen molar-refractivity contribution in [3.05, 3.63) is 70.8 Å². The highest BCUT2D eigenvalue weighted by atomic mass is 15.2. The first-order valence-corrected chi connectivity index (χ1v) is 7.96. The standard InChI is InChI=1S/C19H22N2/c20-11-19(18-8-4-3-7-17(18)14-9-10-14)21-12-15-5-1-2-6-16(15)13-21/h1-8,14,19H,9-13,20H2. The fraction of sp³-hybridized carbons (Fsp3) is 0.368. The molecule has 108 valence electrons. The smallest absolute Gasteiger partial charge is 0.0480 e. The van der Waals surface area contributed by atoms with E-state index in [0.29, 0.717) is 12.6 Å². The van der Waals surface area contributed by atoms with E-state index in [1.54, 1.807) is 0 Å². The third kappa shape index (κ3) is 2.39. The zero-order chi connectivity index (χ0) is 14.2. The molecule has 1 fully saturated rings. The van der Waals surface area contributed by atoms with Crippen LogP contribution in [0.4, 0.5) is 0 Å². The zero-order valence-corrected chi connectivity index (χ0v) is 12.3. The molecule has 4 rings (SSSR count). The summed E-state index contributed by atoms with van der Waals surface area (Å²) in [6, 6.07) is 18.0. The summed E-state index contributed by atoms with van der Waals surface area (Å²) < 4.78 is 0. The Morgan fingerprint density at radius 2 is 1.57 bits per heavy atom. The molecule has 21 heavy (non-hydrogen) atoms. The third-order valence-electron chi connectivity index (χ3n) is 4.90. The average Bonchev–Trinajstić information content (AvgIpc) is 3.28. The van der Waals surface area contributed by atoms with Crippen LogP contribution >= 0.6 is 0 Å². The molecular weight excluding hydrogens is 256 g/mol. The van der Waals surface area contributed by atoms with E-state index in [1.807, 2.05) is 0 Å². The summed E-state index contributed by atoms with van der Waals surface area (Å²) in [5, 5.41) is 0. The molecule has 0 radical (unpaired) electrons. The van der Waals surface area contributed by atoms with Gasteiger partial charge >= 0.3 is 0 Å². The van der Waals surface area contributed by atoms with Crippen LogP contribution in [0.5, 0.6) is 0 Å². The van der Waals surface area contributed by atoms with E-state index in [2.05, 4.69) is 53.4 Å². The number of fused-ring (bicyclic) bond motifs is 1. The molecule has 0 amide bonds. The Kier molecular flexibility index (Phi) is 3.28. The summed E-state index contributed by atoms with van der Waals surface area (Å²) in [7, 11) is 0. The second kappa shape index (κ2) is 5.28. The normalized spacial score (nSPS) is 19.5. The van der Waals surface area contributed by atoms with Gasteiger partial charge in [0.15, 0.2) is 0 Å². The van der Waals surface area contributed by atoms with E-state index in [-0.39, 0.29) is 0 Å². The molecule has 2 nitrogen and oxygen atoms in total. The van der Waals surface area contributed by atoms with Gasteiger partial charge in [0, 0.05) is 25.7 Å². The zero-order valence-electron chi connectivity index (χ0n) is 12.3. The van der Waals surface area contributed by atoms with Crippen LogP contribution in [0.25, 0.3) is 0 Å². The van der Waals surface area contributed by atoms with Crippen molar-refractivity contribution in [2.24, 2.45) is 5.73 Å². The molecule has 1 saturated carbocycles. The van der Waals surface area contributed by atoms with Crippen LogP contribution in [-0.2, 0) is 13.1 Å². The predicted octanol–water partition coefficient (Wildman–Crippen LogP) is 3.58. The molecule has 2 heteroatoms. The average molecular weight is 278 g/mol. The van der Waals surface area contributed by atoms with E-state index in [4.69, 9.17) is 5.73 Å². The monoisotopic (exact) mass is 278 g/mol. The van der Waals surface area contributed by atoms with Crippen LogP contribution in [-0.4, -0.2) is 11.4 Å². The SMILES string of the molecule is NCC(c1ccccc1C1CC1)N1Cc2ccccc2C1. The van der Waals surface area contributed by atoms with Crippen LogP contribution in [0.3, 0.4) is 0 Å². The summed E-state index contributed by atoms with van der Waals surface area (Å²) in [6.07, 6.45) is 2.68. The molecule has 2 aliphatic rings. The van der Waals surface area contributed by atoms with Crippen molar-refractivity contribution in [3.8, 4) is 0 Å². The van der Waals surface area contributed by atoms with Gasteiger partial charge in [-0.15, -0.1) is 0 Å². The van der Waals surface area contributed by atoms with Crippen molar-refractivity contribution in [1.29, 1.82) is 0 Å². The highest BCUT2D eigenvalue weighted by Crippen LogP contribution is 2.44. The fourth-order valence-corrected chi connectivity index (χ4v) is 3.63. The van der Waals surface area contributed by atoms with Crippen molar-refractivity contribution in [1.82, 2.24) is 4.90 Å². The second-order valence-corrected chi connectivity index (χ2v) is 6.33. The van der Waals surface area contributed by atoms with Crippen molar-refractivity contribution >= 4 is 0 Å². The van der Waals surface area contributed by atoms with E-state index in [0.717, 1.165) is 19.0 Å². The van der Waals surface area contributed by atoms with Gasteiger partial charge < -0.3 is 5.73 Å². The summed E-state index contributed by atoms with van der Waals surface area (Å²) in [6.45, 7) is 2.74. The van der Waals surface area contributed by atoms with Crippen molar-refractivity contribution in [2.75, 3.05) is 6.54 Å². The Morgan fingerprint density at radius 1 is 0.952 bits per heavy atom. The van der Waals surface area contributed by atoms with E-state index in [1.165, 1.54) is 35.1 Å². The first-order valence-electron chi connectivity index (χ1n) is 7.96. The summed E-state index contributed by atoms with van der Waals surface area (Å²) in [5.41, 5.74) is 12.1. The number of hydrogen-bond acceptors (Lipinski definition) is 2. The van der Waals surface area contributed by atoms with Gasteiger partial charge in [-0.25, -0.2) is 0 Å². The van der Waals surface area contributed by atoms with Gasteiger partial charge in [0.1, 0.15) is 0 Å². The van der Waals surface area contributed by atoms with Gasteiger partial charge in [-0.05, 0) is 41.0 Å². The lowest BCUT2D eigenvalue weighted by atomic mass is 9.96. The van der Waals surface area contributed by atoms with Crippen LogP contribution in [0, 0.1) is 0 Å². The predicted molar refractivity (Wildman–Crippen MR) is 85.9 cm³/mol. The highest BCUT2D eigenvalue weighted by Gasteiger charge is 2.31. The topological polar surface area (TPSA) is 29.3 Å². The lowest BCUT2D eigenvalue weighted by Gasteiger charge is -2.28. The van der Waals surface area contributed by atoms with Crippen LogP contribution < -0.4 is 5.73 Å². The number of nitrogens with two attached hydrogens (primary N) is 1. The van der Waals surface area contributed by atoms with Gasteiger partial charge in [-0.1, -0.05) is 48.5 Å². The molecule has 0 bridgehead atoms. The lowest BCUT2D eigenvalue weighted by Crippen LogP contribution is -2.30. The second-order valence-electron chi connectivity index (χ2n) is 6.33. The number of rotatable bonds is 4. The summed E-state index contributed by atoms with van der Waals surface area (Å²) in [4.78, 5) is 2.53. The molecule has 1 aliphatic carbocycles. The Balaban J connectivity index is 1.65. The maximum atomic E-state index is 6.17. The molecule has 2 N–H and O–H groups in total. The Hall–Kier alpha value is -1.64. The van der Waals surface area contributed by atoms with Crippen LogP contribution in [0.15, 0.2) is 48.5 Å². The molecule has 1 unspecified atom stereocenters. The maximum Gasteiger partial charge on any atom is 0.0480 e. The summed E-state index contributed by atoms with van der Waals surface area (Å²) in [5.74, 6) is 0.778. The molecule has 1 atom stereocenters. The molecule has 0 spiro atoms. The van der Waals surface area contributed by atoms with Crippen molar-refractivity contribution < 1.29 is 0 Å². The molecule has 2 aromatic rings. The lowest BCUT2D eigenvalue weighted by molar-refractivity contribution is 0.204.